The molecule has 16 heavy (non-hydrogen) atoms. The van der Waals surface area contributed by atoms with Gasteiger partial charge in [0.1, 0.15) is 0 Å². The third kappa shape index (κ3) is 5.15. The van der Waals surface area contributed by atoms with E-state index in [9.17, 15) is 0 Å². The van der Waals surface area contributed by atoms with Crippen molar-refractivity contribution in [2.75, 3.05) is 13.6 Å². The van der Waals surface area contributed by atoms with E-state index in [1.807, 2.05) is 19.4 Å². The first-order chi connectivity index (χ1) is 7.26. The summed E-state index contributed by atoms with van der Waals surface area (Å²) < 4.78 is 1.77. The van der Waals surface area contributed by atoms with Crippen molar-refractivity contribution < 1.29 is 0 Å². The van der Waals surface area contributed by atoms with Crippen LogP contribution in [0.4, 0.5) is 0 Å². The van der Waals surface area contributed by atoms with Gasteiger partial charge in [-0.2, -0.15) is 5.10 Å². The standard InChI is InChI=1S/C10H17N5.HI/c1-4-5-12-10(11-2)13-6-9-7-14-15(3)8-9;/h4,7-8H,1,5-6H2,2-3H3,(H2,11,12,13);1H. The van der Waals surface area contributed by atoms with Gasteiger partial charge in [0, 0.05) is 38.9 Å². The molecule has 0 aromatic carbocycles. The van der Waals surface area contributed by atoms with Crippen molar-refractivity contribution in [3.63, 3.8) is 0 Å². The zero-order valence-corrected chi connectivity index (χ0v) is 11.9. The van der Waals surface area contributed by atoms with Crippen LogP contribution in [-0.4, -0.2) is 29.3 Å². The second-order valence-corrected chi connectivity index (χ2v) is 3.12. The Balaban J connectivity index is 0.00000225. The Morgan fingerprint density at radius 2 is 2.38 bits per heavy atom. The van der Waals surface area contributed by atoms with Crippen LogP contribution in [0.5, 0.6) is 0 Å². The molecule has 0 aliphatic rings. The molecule has 5 nitrogen and oxygen atoms in total. The lowest BCUT2D eigenvalue weighted by molar-refractivity contribution is 0.765. The molecule has 1 heterocycles. The van der Waals surface area contributed by atoms with E-state index in [-0.39, 0.29) is 24.0 Å². The van der Waals surface area contributed by atoms with E-state index in [0.29, 0.717) is 13.1 Å². The zero-order valence-electron chi connectivity index (χ0n) is 9.60. The quantitative estimate of drug-likeness (QED) is 0.372. The molecule has 90 valence electrons. The molecule has 0 bridgehead atoms. The molecule has 0 spiro atoms. The SMILES string of the molecule is C=CCNC(=NC)NCc1cnn(C)c1.I. The van der Waals surface area contributed by atoms with Crippen LogP contribution in [0.3, 0.4) is 0 Å². The number of halogens is 1. The van der Waals surface area contributed by atoms with Crippen molar-refractivity contribution >= 4 is 29.9 Å². The van der Waals surface area contributed by atoms with Gasteiger partial charge in [-0.15, -0.1) is 30.6 Å². The van der Waals surface area contributed by atoms with Gasteiger partial charge in [0.2, 0.25) is 0 Å². The van der Waals surface area contributed by atoms with Crippen LogP contribution in [0, 0.1) is 0 Å². The Morgan fingerprint density at radius 3 is 2.88 bits per heavy atom. The number of aliphatic imine (C=N–C) groups is 1. The van der Waals surface area contributed by atoms with Crippen LogP contribution in [0.25, 0.3) is 0 Å². The highest BCUT2D eigenvalue weighted by Gasteiger charge is 1.98. The Labute approximate surface area is 113 Å². The summed E-state index contributed by atoms with van der Waals surface area (Å²) in [5.41, 5.74) is 1.12. The lowest BCUT2D eigenvalue weighted by atomic mass is 10.4. The van der Waals surface area contributed by atoms with E-state index >= 15 is 0 Å². The van der Waals surface area contributed by atoms with Crippen molar-refractivity contribution in [3.05, 3.63) is 30.6 Å². The summed E-state index contributed by atoms with van der Waals surface area (Å²) in [4.78, 5) is 4.07. The van der Waals surface area contributed by atoms with Crippen LogP contribution < -0.4 is 10.6 Å². The normalized spacial score (nSPS) is 10.5. The fourth-order valence-corrected chi connectivity index (χ4v) is 1.14. The summed E-state index contributed by atoms with van der Waals surface area (Å²) in [5.74, 6) is 0.763. The van der Waals surface area contributed by atoms with E-state index < -0.39 is 0 Å². The first-order valence-corrected chi connectivity index (χ1v) is 4.79. The highest BCUT2D eigenvalue weighted by molar-refractivity contribution is 14.0. The maximum Gasteiger partial charge on any atom is 0.191 e. The predicted molar refractivity (Wildman–Crippen MR) is 77.0 cm³/mol. The van der Waals surface area contributed by atoms with Crippen LogP contribution in [0.1, 0.15) is 5.56 Å². The number of nitrogens with one attached hydrogen (secondary N) is 2. The van der Waals surface area contributed by atoms with Crippen LogP contribution in [0.15, 0.2) is 30.0 Å². The maximum atomic E-state index is 4.08. The Hall–Kier alpha value is -1.05. The van der Waals surface area contributed by atoms with Gasteiger partial charge in [0.25, 0.3) is 0 Å². The first-order valence-electron chi connectivity index (χ1n) is 4.79. The van der Waals surface area contributed by atoms with Gasteiger partial charge in [0.05, 0.1) is 6.20 Å². The van der Waals surface area contributed by atoms with Crippen LogP contribution in [0.2, 0.25) is 0 Å². The van der Waals surface area contributed by atoms with Gasteiger partial charge >= 0.3 is 0 Å². The Bertz CT molecular complexity index is 345. The number of rotatable bonds is 4. The molecule has 0 saturated heterocycles. The number of hydrogen-bond donors (Lipinski definition) is 2. The molecule has 0 fully saturated rings. The summed E-state index contributed by atoms with van der Waals surface area (Å²) in [6, 6.07) is 0. The predicted octanol–water partition coefficient (Wildman–Crippen LogP) is 0.889. The third-order valence-corrected chi connectivity index (χ3v) is 1.86. The average molecular weight is 335 g/mol. The lowest BCUT2D eigenvalue weighted by Gasteiger charge is -2.08. The summed E-state index contributed by atoms with van der Waals surface area (Å²) in [5, 5.41) is 10.3. The molecule has 0 radical (unpaired) electrons. The first kappa shape index (κ1) is 14.9. The van der Waals surface area contributed by atoms with Crippen molar-refractivity contribution in [1.29, 1.82) is 0 Å². The summed E-state index contributed by atoms with van der Waals surface area (Å²) >= 11 is 0. The van der Waals surface area contributed by atoms with Crippen molar-refractivity contribution in [1.82, 2.24) is 20.4 Å². The zero-order chi connectivity index (χ0) is 11.1. The van der Waals surface area contributed by atoms with E-state index in [2.05, 4.69) is 27.3 Å². The number of aryl methyl sites for hydroxylation is 1. The summed E-state index contributed by atoms with van der Waals surface area (Å²) in [7, 11) is 3.63. The van der Waals surface area contributed by atoms with Crippen molar-refractivity contribution in [2.45, 2.75) is 6.54 Å². The van der Waals surface area contributed by atoms with E-state index in [4.69, 9.17) is 0 Å². The molecule has 2 N–H and O–H groups in total. The minimum Gasteiger partial charge on any atom is -0.353 e. The average Bonchev–Trinajstić information content (AvgIpc) is 2.65. The van der Waals surface area contributed by atoms with Crippen molar-refractivity contribution in [2.24, 2.45) is 12.0 Å². The maximum absolute atomic E-state index is 4.08. The molecule has 1 aromatic heterocycles. The fraction of sp³-hybridized carbons (Fsp3) is 0.400. The Morgan fingerprint density at radius 1 is 1.62 bits per heavy atom. The largest absolute Gasteiger partial charge is 0.353 e. The topological polar surface area (TPSA) is 54.2 Å². The number of guanidine groups is 1. The molecule has 0 amide bonds. The molecular formula is C10H18IN5. The van der Waals surface area contributed by atoms with Gasteiger partial charge in [-0.05, 0) is 0 Å². The number of hydrogen-bond acceptors (Lipinski definition) is 2. The molecule has 0 atom stereocenters. The Kier molecular flexibility index (Phi) is 7.61. The molecule has 0 unspecified atom stereocenters. The van der Waals surface area contributed by atoms with Crippen molar-refractivity contribution in [3.8, 4) is 0 Å². The number of aromatic nitrogens is 2. The van der Waals surface area contributed by atoms with Gasteiger partial charge in [-0.1, -0.05) is 6.08 Å². The third-order valence-electron chi connectivity index (χ3n) is 1.86. The van der Waals surface area contributed by atoms with Crippen LogP contribution in [-0.2, 0) is 13.6 Å². The molecule has 1 rings (SSSR count). The van der Waals surface area contributed by atoms with E-state index in [1.165, 1.54) is 0 Å². The fourth-order valence-electron chi connectivity index (χ4n) is 1.14. The highest BCUT2D eigenvalue weighted by Crippen LogP contribution is 1.94. The van der Waals surface area contributed by atoms with E-state index in [1.54, 1.807) is 17.8 Å². The van der Waals surface area contributed by atoms with Gasteiger partial charge in [0.15, 0.2) is 5.96 Å². The van der Waals surface area contributed by atoms with Gasteiger partial charge in [-0.25, -0.2) is 0 Å². The molecule has 6 heteroatoms. The highest BCUT2D eigenvalue weighted by atomic mass is 127. The smallest absolute Gasteiger partial charge is 0.191 e. The molecule has 1 aromatic rings. The second kappa shape index (κ2) is 8.14. The molecule has 0 aliphatic heterocycles. The van der Waals surface area contributed by atoms with Crippen LogP contribution >= 0.6 is 24.0 Å². The second-order valence-electron chi connectivity index (χ2n) is 3.12. The van der Waals surface area contributed by atoms with Gasteiger partial charge in [-0.3, -0.25) is 9.67 Å². The monoisotopic (exact) mass is 335 g/mol. The number of nitrogens with zero attached hydrogens (tertiary/aromatic N) is 3. The summed E-state index contributed by atoms with van der Waals surface area (Å²) in [6.45, 7) is 5.04. The molecule has 0 aliphatic carbocycles. The summed E-state index contributed by atoms with van der Waals surface area (Å²) in [6.07, 6.45) is 5.58. The molecular weight excluding hydrogens is 317 g/mol. The minimum atomic E-state index is 0. The van der Waals surface area contributed by atoms with E-state index in [0.717, 1.165) is 11.5 Å². The molecule has 0 saturated carbocycles. The van der Waals surface area contributed by atoms with Gasteiger partial charge < -0.3 is 10.6 Å². The minimum absolute atomic E-state index is 0. The lowest BCUT2D eigenvalue weighted by Crippen LogP contribution is -2.36.